The molecule has 0 radical (unpaired) electrons. The fourth-order valence-corrected chi connectivity index (χ4v) is 3.01. The topological polar surface area (TPSA) is 118 Å². The number of ether oxygens (including phenoxy) is 2. The molecule has 0 spiro atoms. The van der Waals surface area contributed by atoms with E-state index >= 15 is 0 Å². The van der Waals surface area contributed by atoms with Crippen LogP contribution in [-0.4, -0.2) is 46.3 Å². The molecule has 0 aliphatic heterocycles. The Bertz CT molecular complexity index is 1310. The molecule has 5 heterocycles. The van der Waals surface area contributed by atoms with Crippen molar-refractivity contribution in [2.75, 3.05) is 6.61 Å². The molecule has 0 bridgehead atoms. The fraction of sp³-hybridized carbons (Fsp3) is 0.222. The highest BCUT2D eigenvalue weighted by atomic mass is 16.6. The monoisotopic (exact) mass is 392 g/mol. The predicted molar refractivity (Wildman–Crippen MR) is 100 cm³/mol. The van der Waals surface area contributed by atoms with Crippen LogP contribution in [0.3, 0.4) is 0 Å². The molecule has 0 atom stereocenters. The van der Waals surface area contributed by atoms with Crippen LogP contribution in [0.5, 0.6) is 11.7 Å². The van der Waals surface area contributed by atoms with Gasteiger partial charge in [0.2, 0.25) is 0 Å². The molecule has 0 aromatic carbocycles. The molecule has 0 amide bonds. The maximum Gasteiger partial charge on any atom is 0.311 e. The zero-order valence-electron chi connectivity index (χ0n) is 15.7. The second-order valence-corrected chi connectivity index (χ2v) is 6.21. The molecular weight excluding hydrogens is 376 g/mol. The van der Waals surface area contributed by atoms with Gasteiger partial charge in [-0.3, -0.25) is 9.38 Å². The smallest absolute Gasteiger partial charge is 0.311 e. The molecule has 11 heteroatoms. The van der Waals surface area contributed by atoms with E-state index in [4.69, 9.17) is 14.0 Å². The van der Waals surface area contributed by atoms with Crippen molar-refractivity contribution in [3.63, 3.8) is 0 Å². The predicted octanol–water partition coefficient (Wildman–Crippen LogP) is 2.04. The van der Waals surface area contributed by atoms with Crippen LogP contribution in [0.1, 0.15) is 12.6 Å². The first-order valence-corrected chi connectivity index (χ1v) is 8.93. The first-order chi connectivity index (χ1) is 14.2. The van der Waals surface area contributed by atoms with Gasteiger partial charge in [-0.1, -0.05) is 10.4 Å². The van der Waals surface area contributed by atoms with E-state index in [0.717, 1.165) is 11.1 Å². The van der Waals surface area contributed by atoms with Gasteiger partial charge in [0.15, 0.2) is 22.9 Å². The highest BCUT2D eigenvalue weighted by Gasteiger charge is 2.18. The fourth-order valence-electron chi connectivity index (χ4n) is 3.01. The quantitative estimate of drug-likeness (QED) is 0.427. The van der Waals surface area contributed by atoms with E-state index in [0.29, 0.717) is 41.0 Å². The van der Waals surface area contributed by atoms with Gasteiger partial charge in [0.25, 0.3) is 0 Å². The SMILES string of the molecule is CCOc1cc(-c2nnc3c4cccnc4c(OCc4cnnn4C)cn23)no1. The van der Waals surface area contributed by atoms with E-state index < -0.39 is 0 Å². The van der Waals surface area contributed by atoms with Crippen molar-refractivity contribution < 1.29 is 14.0 Å². The molecule has 0 N–H and O–H groups in total. The largest absolute Gasteiger partial charge is 0.483 e. The van der Waals surface area contributed by atoms with Crippen molar-refractivity contribution >= 4 is 16.6 Å². The zero-order valence-corrected chi connectivity index (χ0v) is 15.7. The van der Waals surface area contributed by atoms with E-state index in [1.807, 2.05) is 26.1 Å². The maximum absolute atomic E-state index is 6.05. The van der Waals surface area contributed by atoms with Gasteiger partial charge >= 0.3 is 5.95 Å². The number of hydrogen-bond acceptors (Lipinski definition) is 9. The summed E-state index contributed by atoms with van der Waals surface area (Å²) in [5.41, 5.74) is 2.66. The van der Waals surface area contributed by atoms with E-state index in [1.165, 1.54) is 0 Å². The lowest BCUT2D eigenvalue weighted by molar-refractivity contribution is 0.226. The second kappa shape index (κ2) is 6.86. The lowest BCUT2D eigenvalue weighted by Gasteiger charge is -2.10. The first-order valence-electron chi connectivity index (χ1n) is 8.93. The zero-order chi connectivity index (χ0) is 19.8. The molecule has 146 valence electrons. The van der Waals surface area contributed by atoms with Crippen molar-refractivity contribution in [2.45, 2.75) is 13.5 Å². The minimum absolute atomic E-state index is 0.288. The van der Waals surface area contributed by atoms with Crippen molar-refractivity contribution in [3.8, 4) is 23.2 Å². The molecule has 29 heavy (non-hydrogen) atoms. The normalized spacial score (nSPS) is 11.4. The second-order valence-electron chi connectivity index (χ2n) is 6.21. The average Bonchev–Trinajstić information content (AvgIpc) is 3.46. The van der Waals surface area contributed by atoms with Crippen molar-refractivity contribution in [1.29, 1.82) is 0 Å². The van der Waals surface area contributed by atoms with E-state index in [-0.39, 0.29) is 6.61 Å². The van der Waals surface area contributed by atoms with Crippen LogP contribution >= 0.6 is 0 Å². The summed E-state index contributed by atoms with van der Waals surface area (Å²) in [5, 5.41) is 21.2. The third-order valence-electron chi connectivity index (χ3n) is 4.41. The summed E-state index contributed by atoms with van der Waals surface area (Å²) >= 11 is 0. The van der Waals surface area contributed by atoms with Crippen LogP contribution in [0.4, 0.5) is 0 Å². The number of hydrogen-bond donors (Lipinski definition) is 0. The number of rotatable bonds is 6. The molecule has 5 aromatic heterocycles. The molecule has 0 aliphatic rings. The van der Waals surface area contributed by atoms with Crippen LogP contribution in [0.2, 0.25) is 0 Å². The third kappa shape index (κ3) is 2.92. The van der Waals surface area contributed by atoms with Crippen LogP contribution < -0.4 is 9.47 Å². The molecule has 11 nitrogen and oxygen atoms in total. The standard InChI is InChI=1S/C18H16N8O3/c1-3-27-15-7-13(23-29-15)18-22-21-17-12-5-4-6-19-16(12)14(9-26(17)18)28-10-11-8-20-24-25(11)2/h4-9H,3,10H2,1-2H3. The highest BCUT2D eigenvalue weighted by Crippen LogP contribution is 2.30. The van der Waals surface area contributed by atoms with Crippen molar-refractivity contribution in [2.24, 2.45) is 7.05 Å². The van der Waals surface area contributed by atoms with E-state index in [9.17, 15) is 0 Å². The lowest BCUT2D eigenvalue weighted by atomic mass is 10.2. The number of aryl methyl sites for hydroxylation is 1. The minimum atomic E-state index is 0.288. The van der Waals surface area contributed by atoms with Crippen molar-refractivity contribution in [3.05, 3.63) is 42.5 Å². The highest BCUT2D eigenvalue weighted by molar-refractivity contribution is 5.95. The summed E-state index contributed by atoms with van der Waals surface area (Å²) in [6.45, 7) is 2.64. The van der Waals surface area contributed by atoms with Crippen LogP contribution in [-0.2, 0) is 13.7 Å². The minimum Gasteiger partial charge on any atom is -0.483 e. The average molecular weight is 392 g/mol. The number of aromatic nitrogens is 8. The van der Waals surface area contributed by atoms with Gasteiger partial charge < -0.3 is 14.0 Å². The molecular formula is C18H16N8O3. The van der Waals surface area contributed by atoms with Crippen LogP contribution in [0, 0.1) is 0 Å². The Kier molecular flexibility index (Phi) is 4.04. The Morgan fingerprint density at radius 1 is 1.21 bits per heavy atom. The van der Waals surface area contributed by atoms with Gasteiger partial charge in [-0.15, -0.1) is 15.3 Å². The molecule has 5 aromatic rings. The molecule has 0 fully saturated rings. The molecule has 0 saturated heterocycles. The lowest BCUT2D eigenvalue weighted by Crippen LogP contribution is -2.04. The Labute approximate surface area is 163 Å². The van der Waals surface area contributed by atoms with E-state index in [1.54, 1.807) is 33.7 Å². The van der Waals surface area contributed by atoms with Gasteiger partial charge in [-0.05, 0) is 19.1 Å². The number of pyridine rings is 2. The Balaban J connectivity index is 1.62. The summed E-state index contributed by atoms with van der Waals surface area (Å²) in [5.74, 6) is 1.40. The Morgan fingerprint density at radius 3 is 2.97 bits per heavy atom. The number of fused-ring (bicyclic) bond motifs is 3. The van der Waals surface area contributed by atoms with Crippen LogP contribution in [0.25, 0.3) is 28.1 Å². The van der Waals surface area contributed by atoms with Crippen molar-refractivity contribution in [1.82, 2.24) is 39.7 Å². The third-order valence-corrected chi connectivity index (χ3v) is 4.41. The first kappa shape index (κ1) is 17.1. The summed E-state index contributed by atoms with van der Waals surface area (Å²) < 4.78 is 20.0. The van der Waals surface area contributed by atoms with Gasteiger partial charge in [0.1, 0.15) is 12.1 Å². The Hall–Kier alpha value is -4.02. The molecule has 0 aliphatic carbocycles. The summed E-state index contributed by atoms with van der Waals surface area (Å²) in [6, 6.07) is 5.44. The molecule has 0 unspecified atom stereocenters. The van der Waals surface area contributed by atoms with Gasteiger partial charge in [-0.2, -0.15) is 0 Å². The van der Waals surface area contributed by atoms with E-state index in [2.05, 4.69) is 30.7 Å². The molecule has 5 rings (SSSR count). The van der Waals surface area contributed by atoms with Gasteiger partial charge in [0, 0.05) is 18.6 Å². The molecule has 0 saturated carbocycles. The number of nitrogens with zero attached hydrogens (tertiary/aromatic N) is 8. The van der Waals surface area contributed by atoms with Gasteiger partial charge in [-0.25, -0.2) is 4.68 Å². The summed E-state index contributed by atoms with van der Waals surface area (Å²) in [4.78, 5) is 4.47. The summed E-state index contributed by atoms with van der Waals surface area (Å²) in [6.07, 6.45) is 5.16. The Morgan fingerprint density at radius 2 is 2.14 bits per heavy atom. The maximum atomic E-state index is 6.05. The van der Waals surface area contributed by atoms with Crippen LogP contribution in [0.15, 0.2) is 41.3 Å². The summed E-state index contributed by atoms with van der Waals surface area (Å²) in [7, 11) is 1.81. The van der Waals surface area contributed by atoms with Gasteiger partial charge in [0.05, 0.1) is 30.8 Å².